The maximum absolute atomic E-state index is 3.63. The molecule has 0 heterocycles. The third-order valence-electron chi connectivity index (χ3n) is 6.19. The molecule has 30 heavy (non-hydrogen) atoms. The topological polar surface area (TPSA) is 3.24 Å². The highest BCUT2D eigenvalue weighted by Gasteiger charge is 2.10. The van der Waals surface area contributed by atoms with E-state index in [0.717, 1.165) is 5.69 Å². The monoisotopic (exact) mass is 411 g/mol. The van der Waals surface area contributed by atoms with Gasteiger partial charge in [0.15, 0.2) is 20.8 Å². The molecule has 6 aromatic carbocycles. The smallest absolute Gasteiger partial charge is 0.178 e. The number of benzene rings is 6. The zero-order valence-electron chi connectivity index (χ0n) is 16.5. The molecule has 0 saturated carbocycles. The molecular weight excluding hydrogens is 394 g/mol. The highest BCUT2D eigenvalue weighted by Crippen LogP contribution is 2.37. The molecule has 0 unspecified atom stereocenters. The van der Waals surface area contributed by atoms with E-state index in [2.05, 4.69) is 113 Å². The van der Waals surface area contributed by atoms with Crippen molar-refractivity contribution < 1.29 is 0 Å². The van der Waals surface area contributed by atoms with Crippen LogP contribution in [0.15, 0.2) is 84.9 Å². The molecule has 0 aliphatic carbocycles. The Morgan fingerprint density at radius 1 is 0.500 bits per heavy atom. The Bertz CT molecular complexity index is 1630. The fourth-order valence-corrected chi connectivity index (χ4v) is 5.31. The molecule has 138 valence electrons. The van der Waals surface area contributed by atoms with Gasteiger partial charge in [0.1, 0.15) is 0 Å². The lowest BCUT2D eigenvalue weighted by Gasteiger charge is -2.19. The van der Waals surface area contributed by atoms with E-state index in [1.165, 1.54) is 59.4 Å². The number of nitrogens with zero attached hydrogens (tertiary/aromatic N) is 1. The molecule has 0 saturated heterocycles. The van der Waals surface area contributed by atoms with Crippen molar-refractivity contribution in [3.8, 4) is 0 Å². The lowest BCUT2D eigenvalue weighted by atomic mass is 9.94. The van der Waals surface area contributed by atoms with E-state index in [1.54, 1.807) is 0 Å². The van der Waals surface area contributed by atoms with Crippen LogP contribution >= 0.6 is 0 Å². The molecule has 0 fully saturated rings. The number of hydrogen-bond acceptors (Lipinski definition) is 1. The van der Waals surface area contributed by atoms with Crippen molar-refractivity contribution >= 4 is 80.4 Å². The Morgan fingerprint density at radius 2 is 1.00 bits per heavy atom. The van der Waals surface area contributed by atoms with E-state index in [-0.39, 0.29) is 0 Å². The first-order valence-electron chi connectivity index (χ1n) is 10.0. The van der Waals surface area contributed by atoms with Crippen molar-refractivity contribution in [2.45, 2.75) is 6.92 Å². The third-order valence-corrected chi connectivity index (χ3v) is 6.64. The maximum Gasteiger partial charge on any atom is 0.178 e. The van der Waals surface area contributed by atoms with Gasteiger partial charge in [0.2, 0.25) is 0 Å². The largest absolute Gasteiger partial charge is 0.428 e. The fraction of sp³-hybridized carbons (Fsp3) is 0.0370. The molecule has 0 aliphatic rings. The fourth-order valence-electron chi connectivity index (χ4n) is 4.71. The van der Waals surface area contributed by atoms with E-state index in [1.807, 2.05) is 4.23 Å². The van der Waals surface area contributed by atoms with Crippen LogP contribution in [0.3, 0.4) is 0 Å². The van der Waals surface area contributed by atoms with Crippen LogP contribution in [0, 0.1) is 6.92 Å². The molecule has 0 amide bonds. The second-order valence-electron chi connectivity index (χ2n) is 8.05. The number of aryl methyl sites for hydroxylation is 1. The van der Waals surface area contributed by atoms with Crippen molar-refractivity contribution in [1.29, 1.82) is 0 Å². The second kappa shape index (κ2) is 6.43. The van der Waals surface area contributed by atoms with Gasteiger partial charge in [-0.05, 0) is 97.4 Å². The molecular formula is C27H17NSi2. The van der Waals surface area contributed by atoms with Gasteiger partial charge < -0.3 is 4.23 Å². The van der Waals surface area contributed by atoms with Gasteiger partial charge in [-0.1, -0.05) is 48.5 Å². The molecule has 6 rings (SSSR count). The van der Waals surface area contributed by atoms with Gasteiger partial charge in [0.25, 0.3) is 0 Å². The molecule has 6 radical (unpaired) electrons. The standard InChI is InChI=1S/C27H17NSi2/c1-16-6-7-21-12-19-8-9-20-13-22-10-17-4-2-3-5-18(17)11-23(22)14-24(20)25(19)15-26(21)27(16)28(29)30/h2-15H,1H3. The summed E-state index contributed by atoms with van der Waals surface area (Å²) in [6, 6.07) is 31.3. The summed E-state index contributed by atoms with van der Waals surface area (Å²) in [5.41, 5.74) is 2.34. The molecule has 0 bridgehead atoms. The first-order valence-corrected chi connectivity index (χ1v) is 10.9. The Balaban J connectivity index is 1.75. The van der Waals surface area contributed by atoms with Crippen molar-refractivity contribution in [2.24, 2.45) is 0 Å². The molecule has 3 heteroatoms. The van der Waals surface area contributed by atoms with Gasteiger partial charge in [-0.15, -0.1) is 0 Å². The van der Waals surface area contributed by atoms with Crippen LogP contribution in [-0.4, -0.2) is 20.8 Å². The average molecular weight is 412 g/mol. The summed E-state index contributed by atoms with van der Waals surface area (Å²) in [4.78, 5) is 0. The highest BCUT2D eigenvalue weighted by atomic mass is 28.2. The van der Waals surface area contributed by atoms with Crippen molar-refractivity contribution in [3.63, 3.8) is 0 Å². The minimum atomic E-state index is 1.13. The van der Waals surface area contributed by atoms with Gasteiger partial charge in [-0.25, -0.2) is 0 Å². The van der Waals surface area contributed by atoms with E-state index in [9.17, 15) is 0 Å². The van der Waals surface area contributed by atoms with E-state index in [4.69, 9.17) is 0 Å². The lowest BCUT2D eigenvalue weighted by molar-refractivity contribution is 1.46. The Hall–Kier alpha value is -3.15. The van der Waals surface area contributed by atoms with Crippen LogP contribution in [0.25, 0.3) is 53.9 Å². The van der Waals surface area contributed by atoms with E-state index >= 15 is 0 Å². The van der Waals surface area contributed by atoms with E-state index < -0.39 is 0 Å². The summed E-state index contributed by atoms with van der Waals surface area (Å²) in [5, 5.41) is 12.7. The zero-order valence-corrected chi connectivity index (χ0v) is 18.5. The SMILES string of the molecule is Cc1ccc2cc3ccc4cc5cc6ccccc6cc5cc4c3cc2c1N([Si])[Si]. The van der Waals surface area contributed by atoms with Crippen LogP contribution in [-0.2, 0) is 0 Å². The lowest BCUT2D eigenvalue weighted by Crippen LogP contribution is -2.15. The second-order valence-corrected chi connectivity index (χ2v) is 9.39. The zero-order chi connectivity index (χ0) is 20.4. The van der Waals surface area contributed by atoms with Gasteiger partial charge >= 0.3 is 0 Å². The van der Waals surface area contributed by atoms with Crippen molar-refractivity contribution in [2.75, 3.05) is 4.23 Å². The van der Waals surface area contributed by atoms with Crippen LogP contribution in [0.4, 0.5) is 5.69 Å². The minimum absolute atomic E-state index is 1.13. The number of fused-ring (bicyclic) bond motifs is 6. The van der Waals surface area contributed by atoms with Gasteiger partial charge in [0.05, 0.1) is 0 Å². The van der Waals surface area contributed by atoms with Crippen molar-refractivity contribution in [3.05, 3.63) is 90.5 Å². The molecule has 1 nitrogen and oxygen atoms in total. The van der Waals surface area contributed by atoms with Crippen molar-refractivity contribution in [1.82, 2.24) is 0 Å². The quantitative estimate of drug-likeness (QED) is 0.165. The number of anilines is 1. The summed E-state index contributed by atoms with van der Waals surface area (Å²) >= 11 is 0. The van der Waals surface area contributed by atoms with Gasteiger partial charge in [0, 0.05) is 11.1 Å². The first kappa shape index (κ1) is 17.7. The third kappa shape index (κ3) is 2.59. The van der Waals surface area contributed by atoms with Gasteiger partial charge in [-0.3, -0.25) is 0 Å². The summed E-state index contributed by atoms with van der Waals surface area (Å²) < 4.78 is 1.84. The highest BCUT2D eigenvalue weighted by molar-refractivity contribution is 6.43. The molecule has 0 spiro atoms. The summed E-state index contributed by atoms with van der Waals surface area (Å²) in [7, 11) is 7.25. The summed E-state index contributed by atoms with van der Waals surface area (Å²) in [5.74, 6) is 0. The predicted octanol–water partition coefficient (Wildman–Crippen LogP) is 6.73. The van der Waals surface area contributed by atoms with E-state index in [0.29, 0.717) is 0 Å². The Labute approximate surface area is 181 Å². The average Bonchev–Trinajstić information content (AvgIpc) is 2.74. The van der Waals surface area contributed by atoms with Gasteiger partial charge in [-0.2, -0.15) is 0 Å². The molecule has 0 atom stereocenters. The van der Waals surface area contributed by atoms with Crippen LogP contribution in [0.1, 0.15) is 5.56 Å². The summed E-state index contributed by atoms with van der Waals surface area (Å²) in [6.45, 7) is 2.13. The molecule has 6 aromatic rings. The normalized spacial score (nSPS) is 11.8. The Morgan fingerprint density at radius 3 is 1.67 bits per heavy atom. The van der Waals surface area contributed by atoms with Crippen LogP contribution in [0.5, 0.6) is 0 Å². The summed E-state index contributed by atoms with van der Waals surface area (Å²) in [6.07, 6.45) is 0. The molecule has 0 N–H and O–H groups in total. The number of rotatable bonds is 1. The minimum Gasteiger partial charge on any atom is -0.428 e. The van der Waals surface area contributed by atoms with Crippen LogP contribution < -0.4 is 4.23 Å². The van der Waals surface area contributed by atoms with Crippen LogP contribution in [0.2, 0.25) is 0 Å². The maximum atomic E-state index is 3.63. The predicted molar refractivity (Wildman–Crippen MR) is 133 cm³/mol. The Kier molecular flexibility index (Phi) is 3.79. The molecule has 0 aliphatic heterocycles. The molecule has 0 aromatic heterocycles. The number of hydrogen-bond donors (Lipinski definition) is 0. The first-order chi connectivity index (χ1) is 14.6.